The Balaban J connectivity index is 2.30. The largest absolute Gasteiger partial charge is 0.463 e. The van der Waals surface area contributed by atoms with Gasteiger partial charge in [0, 0.05) is 11.5 Å². The van der Waals surface area contributed by atoms with Crippen LogP contribution in [0.1, 0.15) is 67.7 Å². The highest BCUT2D eigenvalue weighted by molar-refractivity contribution is 5.91. The van der Waals surface area contributed by atoms with Gasteiger partial charge < -0.3 is 14.2 Å². The van der Waals surface area contributed by atoms with Gasteiger partial charge in [-0.05, 0) is 73.6 Å². The summed E-state index contributed by atoms with van der Waals surface area (Å²) in [6.45, 7) is 13.0. The number of hydrogen-bond donors (Lipinski definition) is 0. The third-order valence-corrected chi connectivity index (χ3v) is 5.04. The Hall–Kier alpha value is -1.85. The molecule has 0 aromatic carbocycles. The third-order valence-electron chi connectivity index (χ3n) is 5.04. The number of carbonyl (C=O) groups excluding carboxylic acids is 3. The smallest absolute Gasteiger partial charge is 0.333 e. The van der Waals surface area contributed by atoms with Gasteiger partial charge in [-0.3, -0.25) is 9.59 Å². The molecular weight excluding hydrogens is 360 g/mol. The first kappa shape index (κ1) is 22.4. The Bertz CT molecular complexity index is 649. The molecule has 2 bridgehead atoms. The van der Waals surface area contributed by atoms with Crippen LogP contribution in [-0.4, -0.2) is 35.7 Å². The van der Waals surface area contributed by atoms with Crippen molar-refractivity contribution in [2.24, 2.45) is 23.7 Å². The highest BCUT2D eigenvalue weighted by Gasteiger charge is 2.50. The van der Waals surface area contributed by atoms with Crippen LogP contribution in [0, 0.1) is 23.7 Å². The maximum absolute atomic E-state index is 12.9. The summed E-state index contributed by atoms with van der Waals surface area (Å²) in [4.78, 5) is 38.1. The van der Waals surface area contributed by atoms with E-state index in [-0.39, 0.29) is 36.3 Å². The van der Waals surface area contributed by atoms with E-state index in [0.717, 1.165) is 0 Å². The molecule has 6 nitrogen and oxygen atoms in total. The maximum Gasteiger partial charge on any atom is 0.333 e. The first-order valence-electron chi connectivity index (χ1n) is 10.1. The minimum Gasteiger partial charge on any atom is -0.463 e. The van der Waals surface area contributed by atoms with E-state index in [4.69, 9.17) is 14.2 Å². The van der Waals surface area contributed by atoms with Gasteiger partial charge >= 0.3 is 17.9 Å². The summed E-state index contributed by atoms with van der Waals surface area (Å²) in [5.74, 6) is -2.21. The molecule has 28 heavy (non-hydrogen) atoms. The van der Waals surface area contributed by atoms with Crippen LogP contribution in [0.2, 0.25) is 0 Å². The lowest BCUT2D eigenvalue weighted by molar-refractivity contribution is -0.173. The fourth-order valence-corrected chi connectivity index (χ4v) is 4.14. The predicted molar refractivity (Wildman–Crippen MR) is 104 cm³/mol. The molecule has 6 heteroatoms. The van der Waals surface area contributed by atoms with Gasteiger partial charge in [0.05, 0.1) is 18.4 Å². The molecule has 0 amide bonds. The molecule has 0 aliphatic heterocycles. The number of hydrogen-bond acceptors (Lipinski definition) is 6. The molecule has 158 valence electrons. The molecular formula is C22H34O6. The van der Waals surface area contributed by atoms with E-state index in [1.54, 1.807) is 6.92 Å². The lowest BCUT2D eigenvalue weighted by Crippen LogP contribution is -2.47. The number of allylic oxidation sites excluding steroid dienone is 1. The van der Waals surface area contributed by atoms with Gasteiger partial charge in [-0.25, -0.2) is 4.79 Å². The fourth-order valence-electron chi connectivity index (χ4n) is 4.14. The highest BCUT2D eigenvalue weighted by atomic mass is 16.6. The highest BCUT2D eigenvalue weighted by Crippen LogP contribution is 2.48. The number of carbonyl (C=O) groups is 3. The van der Waals surface area contributed by atoms with E-state index in [1.807, 2.05) is 47.6 Å². The van der Waals surface area contributed by atoms with Gasteiger partial charge in [-0.15, -0.1) is 0 Å². The summed E-state index contributed by atoms with van der Waals surface area (Å²) < 4.78 is 16.4. The topological polar surface area (TPSA) is 78.9 Å². The minimum atomic E-state index is -0.610. The van der Waals surface area contributed by atoms with Gasteiger partial charge in [0.1, 0.15) is 11.2 Å². The van der Waals surface area contributed by atoms with Crippen molar-refractivity contribution < 1.29 is 28.6 Å². The lowest BCUT2D eigenvalue weighted by atomic mass is 9.61. The average Bonchev–Trinajstić information content (AvgIpc) is 2.50. The zero-order chi connectivity index (χ0) is 21.3. The summed E-state index contributed by atoms with van der Waals surface area (Å²) >= 11 is 0. The van der Waals surface area contributed by atoms with Gasteiger partial charge in [-0.1, -0.05) is 6.08 Å². The molecule has 1 saturated carbocycles. The molecule has 0 spiro atoms. The predicted octanol–water partition coefficient (Wildman–Crippen LogP) is 3.82. The molecule has 0 N–H and O–H groups in total. The number of ether oxygens (including phenoxy) is 3. The Morgan fingerprint density at radius 3 is 2.07 bits per heavy atom. The fraction of sp³-hybridized carbons (Fsp3) is 0.773. The van der Waals surface area contributed by atoms with Crippen LogP contribution in [0.3, 0.4) is 0 Å². The third kappa shape index (κ3) is 5.58. The van der Waals surface area contributed by atoms with Crippen LogP contribution in [0.4, 0.5) is 0 Å². The van der Waals surface area contributed by atoms with Crippen LogP contribution < -0.4 is 0 Å². The lowest BCUT2D eigenvalue weighted by Gasteiger charge is -2.44. The second-order valence-electron chi connectivity index (χ2n) is 9.74. The van der Waals surface area contributed by atoms with Crippen LogP contribution in [0.15, 0.2) is 11.6 Å². The molecule has 2 aliphatic rings. The zero-order valence-electron chi connectivity index (χ0n) is 18.2. The van der Waals surface area contributed by atoms with Gasteiger partial charge in [-0.2, -0.15) is 0 Å². The van der Waals surface area contributed by atoms with E-state index in [2.05, 4.69) is 0 Å². The van der Waals surface area contributed by atoms with Crippen molar-refractivity contribution in [1.29, 1.82) is 0 Å². The quantitative estimate of drug-likeness (QED) is 0.533. The van der Waals surface area contributed by atoms with E-state index in [9.17, 15) is 14.4 Å². The SMILES string of the molecule is CCOC(=O)C1=CCC2CC(C(=O)OC(C)(C)C)CC1C2C(=O)OC(C)(C)C. The summed E-state index contributed by atoms with van der Waals surface area (Å²) in [7, 11) is 0. The van der Waals surface area contributed by atoms with Gasteiger partial charge in [0.25, 0.3) is 0 Å². The second kappa shape index (κ2) is 8.26. The Labute approximate surface area is 168 Å². The normalized spacial score (nSPS) is 27.5. The molecule has 0 aromatic heterocycles. The van der Waals surface area contributed by atoms with Crippen molar-refractivity contribution in [1.82, 2.24) is 0 Å². The number of fused-ring (bicyclic) bond motifs is 2. The summed E-state index contributed by atoms with van der Waals surface area (Å²) in [5, 5.41) is 0. The molecule has 0 radical (unpaired) electrons. The summed E-state index contributed by atoms with van der Waals surface area (Å²) in [6, 6.07) is 0. The molecule has 4 atom stereocenters. The van der Waals surface area contributed by atoms with Crippen molar-refractivity contribution in [3.8, 4) is 0 Å². The Morgan fingerprint density at radius 1 is 0.964 bits per heavy atom. The standard InChI is InChI=1S/C22H34O6/c1-8-26-19(24)15-10-9-13-11-14(18(23)27-21(2,3)4)12-16(15)17(13)20(25)28-22(5,6)7/h10,13-14,16-17H,8-9,11-12H2,1-7H3. The molecule has 2 aliphatic carbocycles. The van der Waals surface area contributed by atoms with Crippen molar-refractivity contribution in [3.63, 3.8) is 0 Å². The van der Waals surface area contributed by atoms with E-state index >= 15 is 0 Å². The first-order chi connectivity index (χ1) is 12.8. The zero-order valence-corrected chi connectivity index (χ0v) is 18.2. The van der Waals surface area contributed by atoms with Crippen LogP contribution in [0.25, 0.3) is 0 Å². The van der Waals surface area contributed by atoms with Crippen LogP contribution in [0.5, 0.6) is 0 Å². The monoisotopic (exact) mass is 394 g/mol. The molecule has 1 fully saturated rings. The second-order valence-corrected chi connectivity index (χ2v) is 9.74. The summed E-state index contributed by atoms with van der Waals surface area (Å²) in [5.41, 5.74) is -0.697. The van der Waals surface area contributed by atoms with Crippen molar-refractivity contribution in [3.05, 3.63) is 11.6 Å². The van der Waals surface area contributed by atoms with Crippen molar-refractivity contribution in [2.45, 2.75) is 78.9 Å². The summed E-state index contributed by atoms with van der Waals surface area (Å²) in [6.07, 6.45) is 3.37. The average molecular weight is 395 g/mol. The van der Waals surface area contributed by atoms with Crippen molar-refractivity contribution >= 4 is 17.9 Å². The Kier molecular flexibility index (Phi) is 6.62. The number of rotatable bonds is 4. The van der Waals surface area contributed by atoms with E-state index in [1.165, 1.54) is 0 Å². The molecule has 2 rings (SSSR count). The number of esters is 3. The van der Waals surface area contributed by atoms with E-state index < -0.39 is 23.1 Å². The maximum atomic E-state index is 12.9. The first-order valence-corrected chi connectivity index (χ1v) is 10.1. The van der Waals surface area contributed by atoms with Crippen LogP contribution in [-0.2, 0) is 28.6 Å². The van der Waals surface area contributed by atoms with Gasteiger partial charge in [0.2, 0.25) is 0 Å². The van der Waals surface area contributed by atoms with Gasteiger partial charge in [0.15, 0.2) is 0 Å². The molecule has 4 unspecified atom stereocenters. The minimum absolute atomic E-state index is 0.0516. The molecule has 0 heterocycles. The Morgan fingerprint density at radius 2 is 1.54 bits per heavy atom. The molecule has 0 aromatic rings. The molecule has 0 saturated heterocycles. The van der Waals surface area contributed by atoms with Crippen molar-refractivity contribution in [2.75, 3.05) is 6.61 Å². The van der Waals surface area contributed by atoms with Crippen LogP contribution >= 0.6 is 0 Å². The van der Waals surface area contributed by atoms with E-state index in [0.29, 0.717) is 24.8 Å².